The van der Waals surface area contributed by atoms with Crippen molar-refractivity contribution in [2.45, 2.75) is 51.9 Å². The predicted molar refractivity (Wildman–Crippen MR) is 46.9 cm³/mol. The molecular weight excluding hydrogens is 152 g/mol. The molecule has 0 bridgehead atoms. The Labute approximate surface area is 74.2 Å². The maximum Gasteiger partial charge on any atom is 0.163 e. The molecule has 0 aromatic carbocycles. The Hall–Kier alpha value is -0.0800. The Morgan fingerprint density at radius 2 is 1.92 bits per heavy atom. The largest absolute Gasteiger partial charge is 0.348 e. The molecule has 12 heavy (non-hydrogen) atoms. The fraction of sp³-hybridized carbons (Fsp3) is 1.00. The van der Waals surface area contributed by atoms with Crippen LogP contribution in [0.25, 0.3) is 0 Å². The zero-order chi connectivity index (χ0) is 8.82. The van der Waals surface area contributed by atoms with E-state index in [1.807, 2.05) is 13.8 Å². The van der Waals surface area contributed by atoms with Crippen LogP contribution in [-0.2, 0) is 9.47 Å². The molecule has 0 spiro atoms. The van der Waals surface area contributed by atoms with E-state index in [1.165, 1.54) is 19.3 Å². The summed E-state index contributed by atoms with van der Waals surface area (Å²) in [4.78, 5) is 0. The van der Waals surface area contributed by atoms with Gasteiger partial charge < -0.3 is 9.47 Å². The van der Waals surface area contributed by atoms with E-state index in [9.17, 15) is 0 Å². The molecule has 0 N–H and O–H groups in total. The average molecular weight is 170 g/mol. The summed E-state index contributed by atoms with van der Waals surface area (Å²) in [5, 5.41) is 0. The number of hydrogen-bond acceptors (Lipinski definition) is 2. The predicted octanol–water partition coefficient (Wildman–Crippen LogP) is 2.33. The average Bonchev–Trinajstić information content (AvgIpc) is 2.53. The third kappa shape index (κ3) is 1.80. The molecule has 2 aliphatic rings. The lowest BCUT2D eigenvalue weighted by atomic mass is 10.0. The molecular formula is C10H18O2. The highest BCUT2D eigenvalue weighted by Gasteiger charge is 2.43. The van der Waals surface area contributed by atoms with Crippen molar-refractivity contribution in [3.8, 4) is 0 Å². The molecule has 2 heteroatoms. The maximum absolute atomic E-state index is 5.74. The Kier molecular flexibility index (Phi) is 1.74. The van der Waals surface area contributed by atoms with E-state index in [4.69, 9.17) is 9.47 Å². The van der Waals surface area contributed by atoms with Crippen molar-refractivity contribution < 1.29 is 9.47 Å². The lowest BCUT2D eigenvalue weighted by Gasteiger charge is -2.18. The van der Waals surface area contributed by atoms with E-state index in [0.29, 0.717) is 11.5 Å². The summed E-state index contributed by atoms with van der Waals surface area (Å²) in [5.74, 6) is -0.337. The monoisotopic (exact) mass is 170 g/mol. The molecule has 2 fully saturated rings. The minimum atomic E-state index is -0.337. The molecule has 70 valence electrons. The fourth-order valence-electron chi connectivity index (χ4n) is 1.83. The van der Waals surface area contributed by atoms with Crippen LogP contribution in [0.15, 0.2) is 0 Å². The topological polar surface area (TPSA) is 18.5 Å². The van der Waals surface area contributed by atoms with E-state index in [1.54, 1.807) is 0 Å². The Bertz CT molecular complexity index is 182. The Morgan fingerprint density at radius 1 is 1.25 bits per heavy atom. The molecule has 1 aliphatic carbocycles. The molecule has 0 amide bonds. The SMILES string of the molecule is CC1(C[C@@H]2COC(C)(C)O2)CC1. The maximum atomic E-state index is 5.74. The van der Waals surface area contributed by atoms with Crippen LogP contribution >= 0.6 is 0 Å². The minimum Gasteiger partial charge on any atom is -0.348 e. The second kappa shape index (κ2) is 2.46. The summed E-state index contributed by atoms with van der Waals surface area (Å²) in [6, 6.07) is 0. The normalized spacial score (nSPS) is 36.8. The molecule has 1 saturated carbocycles. The standard InChI is InChI=1S/C10H18O2/c1-9(2)11-7-8(12-9)6-10(3)4-5-10/h8H,4-7H2,1-3H3/t8-/m1/s1. The van der Waals surface area contributed by atoms with E-state index in [2.05, 4.69) is 6.92 Å². The molecule has 0 radical (unpaired) electrons. The van der Waals surface area contributed by atoms with Gasteiger partial charge >= 0.3 is 0 Å². The third-order valence-corrected chi connectivity index (χ3v) is 2.89. The van der Waals surface area contributed by atoms with Gasteiger partial charge in [0.2, 0.25) is 0 Å². The van der Waals surface area contributed by atoms with Gasteiger partial charge in [-0.2, -0.15) is 0 Å². The summed E-state index contributed by atoms with van der Waals surface area (Å²) in [5.41, 5.74) is 0.578. The first kappa shape index (κ1) is 8.52. The molecule has 0 aromatic rings. The van der Waals surface area contributed by atoms with Crippen molar-refractivity contribution in [3.63, 3.8) is 0 Å². The first-order valence-electron chi connectivity index (χ1n) is 4.81. The number of rotatable bonds is 2. The molecule has 2 nitrogen and oxygen atoms in total. The first-order valence-corrected chi connectivity index (χ1v) is 4.81. The van der Waals surface area contributed by atoms with Gasteiger partial charge in [-0.05, 0) is 38.5 Å². The Balaban J connectivity index is 1.84. The van der Waals surface area contributed by atoms with Gasteiger partial charge in [-0.15, -0.1) is 0 Å². The second-order valence-electron chi connectivity index (χ2n) is 4.97. The molecule has 1 aliphatic heterocycles. The highest BCUT2D eigenvalue weighted by Crippen LogP contribution is 2.50. The lowest BCUT2D eigenvalue weighted by molar-refractivity contribution is -0.140. The molecule has 1 saturated heterocycles. The van der Waals surface area contributed by atoms with Crippen molar-refractivity contribution in [2.75, 3.05) is 6.61 Å². The van der Waals surface area contributed by atoms with Crippen LogP contribution in [-0.4, -0.2) is 18.5 Å². The van der Waals surface area contributed by atoms with Gasteiger partial charge in [0.15, 0.2) is 5.79 Å². The first-order chi connectivity index (χ1) is 5.49. The summed E-state index contributed by atoms with van der Waals surface area (Å²) in [7, 11) is 0. The summed E-state index contributed by atoms with van der Waals surface area (Å²) in [6.07, 6.45) is 4.25. The van der Waals surface area contributed by atoms with Crippen molar-refractivity contribution in [2.24, 2.45) is 5.41 Å². The van der Waals surface area contributed by atoms with E-state index >= 15 is 0 Å². The zero-order valence-corrected chi connectivity index (χ0v) is 8.22. The van der Waals surface area contributed by atoms with Crippen molar-refractivity contribution in [1.82, 2.24) is 0 Å². The molecule has 0 unspecified atom stereocenters. The number of hydrogen-bond donors (Lipinski definition) is 0. The molecule has 2 rings (SSSR count). The minimum absolute atomic E-state index is 0.337. The molecule has 1 atom stereocenters. The summed E-state index contributed by atoms with van der Waals surface area (Å²) >= 11 is 0. The van der Waals surface area contributed by atoms with Gasteiger partial charge in [0.1, 0.15) is 0 Å². The van der Waals surface area contributed by atoms with E-state index in [0.717, 1.165) is 6.61 Å². The molecule has 1 heterocycles. The van der Waals surface area contributed by atoms with Crippen LogP contribution in [0, 0.1) is 5.41 Å². The van der Waals surface area contributed by atoms with Crippen molar-refractivity contribution in [3.05, 3.63) is 0 Å². The number of ether oxygens (including phenoxy) is 2. The smallest absolute Gasteiger partial charge is 0.163 e. The molecule has 0 aromatic heterocycles. The van der Waals surface area contributed by atoms with Gasteiger partial charge in [0.25, 0.3) is 0 Å². The van der Waals surface area contributed by atoms with Crippen LogP contribution < -0.4 is 0 Å². The quantitative estimate of drug-likeness (QED) is 0.633. The van der Waals surface area contributed by atoms with Crippen LogP contribution in [0.2, 0.25) is 0 Å². The van der Waals surface area contributed by atoms with Gasteiger partial charge in [-0.3, -0.25) is 0 Å². The Morgan fingerprint density at radius 3 is 2.33 bits per heavy atom. The van der Waals surface area contributed by atoms with Gasteiger partial charge in [-0.25, -0.2) is 0 Å². The third-order valence-electron chi connectivity index (χ3n) is 2.89. The zero-order valence-electron chi connectivity index (χ0n) is 8.22. The van der Waals surface area contributed by atoms with Gasteiger partial charge in [0.05, 0.1) is 12.7 Å². The van der Waals surface area contributed by atoms with Crippen LogP contribution in [0.3, 0.4) is 0 Å². The van der Waals surface area contributed by atoms with Crippen molar-refractivity contribution in [1.29, 1.82) is 0 Å². The summed E-state index contributed by atoms with van der Waals surface area (Å²) < 4.78 is 11.2. The van der Waals surface area contributed by atoms with Crippen LogP contribution in [0.4, 0.5) is 0 Å². The van der Waals surface area contributed by atoms with E-state index < -0.39 is 0 Å². The van der Waals surface area contributed by atoms with E-state index in [-0.39, 0.29) is 5.79 Å². The van der Waals surface area contributed by atoms with Crippen molar-refractivity contribution >= 4 is 0 Å². The second-order valence-corrected chi connectivity index (χ2v) is 4.97. The van der Waals surface area contributed by atoms with Crippen LogP contribution in [0.1, 0.15) is 40.0 Å². The fourth-order valence-corrected chi connectivity index (χ4v) is 1.83. The van der Waals surface area contributed by atoms with Gasteiger partial charge in [0, 0.05) is 0 Å². The van der Waals surface area contributed by atoms with Gasteiger partial charge in [-0.1, -0.05) is 6.92 Å². The highest BCUT2D eigenvalue weighted by atomic mass is 16.7. The summed E-state index contributed by atoms with van der Waals surface area (Å²) in [6.45, 7) is 7.09. The lowest BCUT2D eigenvalue weighted by Crippen LogP contribution is -2.22. The highest BCUT2D eigenvalue weighted by molar-refractivity contribution is 4.91. The van der Waals surface area contributed by atoms with Crippen LogP contribution in [0.5, 0.6) is 0 Å².